The van der Waals surface area contributed by atoms with Crippen molar-refractivity contribution in [1.82, 2.24) is 0 Å². The standard InChI is InChI=1S/C16H15BrFNOS/c1-11-10-13(4-7-15(11)17)19-16(20)8-9-21-14-5-2-12(18)3-6-14/h2-7,10H,8-9H2,1H3,(H,19,20). The molecule has 2 aromatic rings. The Bertz CT molecular complexity index is 631. The maximum absolute atomic E-state index is 12.8. The highest BCUT2D eigenvalue weighted by Gasteiger charge is 2.04. The van der Waals surface area contributed by atoms with Crippen molar-refractivity contribution in [3.05, 3.63) is 58.3 Å². The van der Waals surface area contributed by atoms with Gasteiger partial charge in [0.05, 0.1) is 0 Å². The van der Waals surface area contributed by atoms with Crippen molar-refractivity contribution >= 4 is 39.3 Å². The van der Waals surface area contributed by atoms with Crippen LogP contribution in [-0.4, -0.2) is 11.7 Å². The lowest BCUT2D eigenvalue weighted by Gasteiger charge is -2.07. The van der Waals surface area contributed by atoms with Crippen molar-refractivity contribution < 1.29 is 9.18 Å². The van der Waals surface area contributed by atoms with E-state index in [4.69, 9.17) is 0 Å². The predicted molar refractivity (Wildman–Crippen MR) is 89.2 cm³/mol. The minimum atomic E-state index is -0.247. The van der Waals surface area contributed by atoms with Crippen molar-refractivity contribution in [1.29, 1.82) is 0 Å². The van der Waals surface area contributed by atoms with Gasteiger partial charge < -0.3 is 5.32 Å². The number of anilines is 1. The van der Waals surface area contributed by atoms with E-state index in [0.717, 1.165) is 20.6 Å². The molecule has 21 heavy (non-hydrogen) atoms. The van der Waals surface area contributed by atoms with Gasteiger partial charge in [0, 0.05) is 27.2 Å². The molecular formula is C16H15BrFNOS. The smallest absolute Gasteiger partial charge is 0.225 e. The van der Waals surface area contributed by atoms with E-state index in [-0.39, 0.29) is 11.7 Å². The molecular weight excluding hydrogens is 353 g/mol. The van der Waals surface area contributed by atoms with Crippen LogP contribution in [0.3, 0.4) is 0 Å². The fraction of sp³-hybridized carbons (Fsp3) is 0.188. The Morgan fingerprint density at radius 2 is 1.95 bits per heavy atom. The zero-order valence-corrected chi connectivity index (χ0v) is 13.9. The maximum Gasteiger partial charge on any atom is 0.225 e. The minimum Gasteiger partial charge on any atom is -0.326 e. The van der Waals surface area contributed by atoms with Gasteiger partial charge in [-0.25, -0.2) is 4.39 Å². The number of nitrogens with one attached hydrogen (secondary N) is 1. The van der Waals surface area contributed by atoms with Crippen LogP contribution in [0.4, 0.5) is 10.1 Å². The Morgan fingerprint density at radius 1 is 1.24 bits per heavy atom. The normalized spacial score (nSPS) is 10.4. The minimum absolute atomic E-state index is 0.0219. The molecule has 1 amide bonds. The van der Waals surface area contributed by atoms with Crippen LogP contribution in [0, 0.1) is 12.7 Å². The Hall–Kier alpha value is -1.33. The van der Waals surface area contributed by atoms with Crippen molar-refractivity contribution in [3.8, 4) is 0 Å². The summed E-state index contributed by atoms with van der Waals surface area (Å²) in [6.07, 6.45) is 0.414. The van der Waals surface area contributed by atoms with Gasteiger partial charge in [-0.15, -0.1) is 11.8 Å². The van der Waals surface area contributed by atoms with E-state index in [9.17, 15) is 9.18 Å². The first-order chi connectivity index (χ1) is 10.0. The monoisotopic (exact) mass is 367 g/mol. The van der Waals surface area contributed by atoms with E-state index in [1.807, 2.05) is 25.1 Å². The first kappa shape index (κ1) is 16.0. The molecule has 1 N–H and O–H groups in total. The second-order valence-corrected chi connectivity index (χ2v) is 6.59. The molecule has 0 fully saturated rings. The van der Waals surface area contributed by atoms with Gasteiger partial charge in [0.25, 0.3) is 0 Å². The zero-order chi connectivity index (χ0) is 15.2. The third-order valence-corrected chi connectivity index (χ3v) is 4.76. The van der Waals surface area contributed by atoms with Gasteiger partial charge in [-0.05, 0) is 55.0 Å². The summed E-state index contributed by atoms with van der Waals surface area (Å²) >= 11 is 4.96. The summed E-state index contributed by atoms with van der Waals surface area (Å²) in [5.41, 5.74) is 1.88. The van der Waals surface area contributed by atoms with Crippen LogP contribution in [0.5, 0.6) is 0 Å². The predicted octanol–water partition coefficient (Wildman–Crippen LogP) is 5.02. The molecule has 2 rings (SSSR count). The molecule has 0 aliphatic rings. The molecule has 0 atom stereocenters. The van der Waals surface area contributed by atoms with E-state index in [0.29, 0.717) is 12.2 Å². The van der Waals surface area contributed by atoms with E-state index in [1.54, 1.807) is 12.1 Å². The van der Waals surface area contributed by atoms with E-state index in [1.165, 1.54) is 23.9 Å². The lowest BCUT2D eigenvalue weighted by atomic mass is 10.2. The lowest BCUT2D eigenvalue weighted by Crippen LogP contribution is -2.12. The van der Waals surface area contributed by atoms with Crippen LogP contribution >= 0.6 is 27.7 Å². The van der Waals surface area contributed by atoms with Gasteiger partial charge in [0.15, 0.2) is 0 Å². The summed E-state index contributed by atoms with van der Waals surface area (Å²) in [7, 11) is 0. The Labute approximate surface area is 136 Å². The Morgan fingerprint density at radius 3 is 2.62 bits per heavy atom. The van der Waals surface area contributed by atoms with Gasteiger partial charge in [-0.3, -0.25) is 4.79 Å². The first-order valence-electron chi connectivity index (χ1n) is 6.49. The molecule has 0 aliphatic carbocycles. The Balaban J connectivity index is 1.79. The molecule has 0 spiro atoms. The van der Waals surface area contributed by atoms with Crippen molar-refractivity contribution in [2.24, 2.45) is 0 Å². The second-order valence-electron chi connectivity index (χ2n) is 4.56. The largest absolute Gasteiger partial charge is 0.326 e. The SMILES string of the molecule is Cc1cc(NC(=O)CCSc2ccc(F)cc2)ccc1Br. The van der Waals surface area contributed by atoms with Gasteiger partial charge in [0.1, 0.15) is 5.82 Å². The highest BCUT2D eigenvalue weighted by molar-refractivity contribution is 9.10. The van der Waals surface area contributed by atoms with E-state index < -0.39 is 0 Å². The zero-order valence-electron chi connectivity index (χ0n) is 11.5. The number of halogens is 2. The number of thioether (sulfide) groups is 1. The van der Waals surface area contributed by atoms with Crippen LogP contribution in [0.1, 0.15) is 12.0 Å². The molecule has 2 aromatic carbocycles. The average Bonchev–Trinajstić information content (AvgIpc) is 2.45. The highest BCUT2D eigenvalue weighted by atomic mass is 79.9. The average molecular weight is 368 g/mol. The van der Waals surface area contributed by atoms with Crippen molar-refractivity contribution in [2.75, 3.05) is 11.1 Å². The Kier molecular flexibility index (Phi) is 5.82. The first-order valence-corrected chi connectivity index (χ1v) is 8.27. The molecule has 0 bridgehead atoms. The molecule has 0 radical (unpaired) electrons. The molecule has 110 valence electrons. The molecule has 0 unspecified atom stereocenters. The van der Waals surface area contributed by atoms with Gasteiger partial charge in [-0.2, -0.15) is 0 Å². The summed E-state index contributed by atoms with van der Waals surface area (Å²) in [6.45, 7) is 1.98. The van der Waals surface area contributed by atoms with Gasteiger partial charge >= 0.3 is 0 Å². The molecule has 2 nitrogen and oxygen atoms in total. The summed E-state index contributed by atoms with van der Waals surface area (Å²) in [4.78, 5) is 12.8. The molecule has 0 saturated carbocycles. The topological polar surface area (TPSA) is 29.1 Å². The molecule has 0 aliphatic heterocycles. The molecule has 0 aromatic heterocycles. The summed E-state index contributed by atoms with van der Waals surface area (Å²) in [5.74, 6) is 0.390. The molecule has 0 saturated heterocycles. The van der Waals surface area contributed by atoms with Crippen LogP contribution in [-0.2, 0) is 4.79 Å². The van der Waals surface area contributed by atoms with Crippen LogP contribution in [0.15, 0.2) is 51.8 Å². The number of rotatable bonds is 5. The number of amides is 1. The number of hydrogen-bond donors (Lipinski definition) is 1. The number of carbonyl (C=O) groups excluding carboxylic acids is 1. The van der Waals surface area contributed by atoms with Crippen molar-refractivity contribution in [3.63, 3.8) is 0 Å². The van der Waals surface area contributed by atoms with Crippen LogP contribution in [0.25, 0.3) is 0 Å². The fourth-order valence-corrected chi connectivity index (χ4v) is 2.84. The summed E-state index contributed by atoms with van der Waals surface area (Å²) < 4.78 is 13.8. The number of hydrogen-bond acceptors (Lipinski definition) is 2. The van der Waals surface area contributed by atoms with Crippen molar-refractivity contribution in [2.45, 2.75) is 18.2 Å². The van der Waals surface area contributed by atoms with E-state index in [2.05, 4.69) is 21.2 Å². The molecule has 0 heterocycles. The van der Waals surface area contributed by atoms with Gasteiger partial charge in [0.2, 0.25) is 5.91 Å². The van der Waals surface area contributed by atoms with Crippen LogP contribution < -0.4 is 5.32 Å². The van der Waals surface area contributed by atoms with E-state index >= 15 is 0 Å². The third kappa shape index (κ3) is 5.17. The number of benzene rings is 2. The maximum atomic E-state index is 12.8. The number of aryl methyl sites for hydroxylation is 1. The highest BCUT2D eigenvalue weighted by Crippen LogP contribution is 2.21. The fourth-order valence-electron chi connectivity index (χ4n) is 1.74. The molecule has 5 heteroatoms. The lowest BCUT2D eigenvalue weighted by molar-refractivity contribution is -0.115. The summed E-state index contributed by atoms with van der Waals surface area (Å²) in [5, 5.41) is 2.87. The number of carbonyl (C=O) groups is 1. The van der Waals surface area contributed by atoms with Crippen LogP contribution in [0.2, 0.25) is 0 Å². The second kappa shape index (κ2) is 7.61. The quantitative estimate of drug-likeness (QED) is 0.751. The summed E-state index contributed by atoms with van der Waals surface area (Å²) in [6, 6.07) is 12.0. The van der Waals surface area contributed by atoms with Gasteiger partial charge in [-0.1, -0.05) is 15.9 Å². The third-order valence-electron chi connectivity index (χ3n) is 2.85.